The van der Waals surface area contributed by atoms with Gasteiger partial charge in [0.2, 0.25) is 0 Å². The lowest BCUT2D eigenvalue weighted by molar-refractivity contribution is 0.0700. The molecule has 0 saturated carbocycles. The Bertz CT molecular complexity index is 475. The van der Waals surface area contributed by atoms with Crippen LogP contribution in [0.15, 0.2) is 0 Å². The highest BCUT2D eigenvalue weighted by molar-refractivity contribution is 7.85. The molecule has 0 spiro atoms. The zero-order valence-electron chi connectivity index (χ0n) is 10.4. The summed E-state index contributed by atoms with van der Waals surface area (Å²) in [5, 5.41) is 9.91. The lowest BCUT2D eigenvalue weighted by Gasteiger charge is -2.25. The van der Waals surface area contributed by atoms with Gasteiger partial charge in [-0.15, -0.1) is 0 Å². The Morgan fingerprint density at radius 1 is 1.44 bits per heavy atom. The van der Waals surface area contributed by atoms with Crippen LogP contribution in [-0.2, 0) is 10.8 Å². The molecule has 7 heteroatoms. The molecule has 1 fully saturated rings. The molecule has 5 nitrogen and oxygen atoms in total. The molecule has 0 atom stereocenters. The number of anilines is 1. The molecule has 0 radical (unpaired) electrons. The summed E-state index contributed by atoms with van der Waals surface area (Å²) < 4.78 is 11.3. The zero-order chi connectivity index (χ0) is 13.3. The fraction of sp³-hybridized carbons (Fsp3) is 0.636. The van der Waals surface area contributed by atoms with Gasteiger partial charge in [-0.25, -0.2) is 9.78 Å². The van der Waals surface area contributed by atoms with E-state index in [1.165, 1.54) is 11.3 Å². The first-order chi connectivity index (χ1) is 8.49. The molecular weight excluding hydrogens is 272 g/mol. The number of carboxylic acids is 1. The van der Waals surface area contributed by atoms with Gasteiger partial charge in [-0.3, -0.25) is 4.21 Å². The van der Waals surface area contributed by atoms with Crippen LogP contribution in [-0.4, -0.2) is 44.9 Å². The van der Waals surface area contributed by atoms with E-state index in [0.29, 0.717) is 35.2 Å². The van der Waals surface area contributed by atoms with Crippen molar-refractivity contribution in [2.75, 3.05) is 29.5 Å². The van der Waals surface area contributed by atoms with E-state index in [2.05, 4.69) is 4.98 Å². The topological polar surface area (TPSA) is 70.5 Å². The van der Waals surface area contributed by atoms with Gasteiger partial charge in [0.1, 0.15) is 4.88 Å². The van der Waals surface area contributed by atoms with Gasteiger partial charge in [0, 0.05) is 35.4 Å². The van der Waals surface area contributed by atoms with Crippen LogP contribution in [0.3, 0.4) is 0 Å². The number of rotatable bonds is 3. The maximum atomic E-state index is 11.3. The van der Waals surface area contributed by atoms with Crippen molar-refractivity contribution in [1.82, 2.24) is 4.98 Å². The van der Waals surface area contributed by atoms with E-state index in [9.17, 15) is 14.1 Å². The first kappa shape index (κ1) is 13.5. The quantitative estimate of drug-likeness (QED) is 0.913. The van der Waals surface area contributed by atoms with Crippen LogP contribution in [0.5, 0.6) is 0 Å². The number of nitrogens with zero attached hydrogens (tertiary/aromatic N) is 2. The third kappa shape index (κ3) is 2.72. The molecule has 0 unspecified atom stereocenters. The Hall–Kier alpha value is -0.950. The van der Waals surface area contributed by atoms with Crippen molar-refractivity contribution >= 4 is 33.2 Å². The molecule has 0 aliphatic carbocycles. The molecule has 2 heterocycles. The van der Waals surface area contributed by atoms with Crippen molar-refractivity contribution in [2.24, 2.45) is 0 Å². The molecular formula is C11H16N2O3S2. The standard InChI is InChI=1S/C11H16N2O3S2/c1-7(2)8-9(10(14)15)17-11(12-8)13-3-5-18(16)6-4-13/h7H,3-6H2,1-2H3,(H,14,15). The molecule has 1 aromatic heterocycles. The van der Waals surface area contributed by atoms with Crippen molar-refractivity contribution < 1.29 is 14.1 Å². The molecule has 2 rings (SSSR count). The fourth-order valence-electron chi connectivity index (χ4n) is 1.83. The molecule has 1 aliphatic heterocycles. The summed E-state index contributed by atoms with van der Waals surface area (Å²) in [7, 11) is -0.732. The molecule has 1 aromatic rings. The van der Waals surface area contributed by atoms with Gasteiger partial charge in [-0.05, 0) is 5.92 Å². The smallest absolute Gasteiger partial charge is 0.347 e. The van der Waals surface area contributed by atoms with Crippen molar-refractivity contribution in [1.29, 1.82) is 0 Å². The molecule has 0 amide bonds. The van der Waals surface area contributed by atoms with Crippen LogP contribution in [0.25, 0.3) is 0 Å². The van der Waals surface area contributed by atoms with E-state index in [4.69, 9.17) is 0 Å². The third-order valence-electron chi connectivity index (χ3n) is 2.83. The van der Waals surface area contributed by atoms with Gasteiger partial charge in [0.25, 0.3) is 0 Å². The Morgan fingerprint density at radius 2 is 2.06 bits per heavy atom. The van der Waals surface area contributed by atoms with E-state index < -0.39 is 16.8 Å². The highest BCUT2D eigenvalue weighted by atomic mass is 32.2. The second-order valence-electron chi connectivity index (χ2n) is 4.51. The summed E-state index contributed by atoms with van der Waals surface area (Å²) in [5.41, 5.74) is 0.647. The van der Waals surface area contributed by atoms with Gasteiger partial charge < -0.3 is 10.0 Å². The minimum absolute atomic E-state index is 0.0972. The normalized spacial score (nSPS) is 17.4. The first-order valence-corrected chi connectivity index (χ1v) is 8.13. The SMILES string of the molecule is CC(C)c1nc(N2CCS(=O)CC2)sc1C(=O)O. The molecule has 0 aromatic carbocycles. The largest absolute Gasteiger partial charge is 0.477 e. The summed E-state index contributed by atoms with van der Waals surface area (Å²) in [5.74, 6) is 0.459. The summed E-state index contributed by atoms with van der Waals surface area (Å²) in [6.45, 7) is 5.26. The highest BCUT2D eigenvalue weighted by Crippen LogP contribution is 2.31. The zero-order valence-corrected chi connectivity index (χ0v) is 12.0. The fourth-order valence-corrected chi connectivity index (χ4v) is 3.99. The van der Waals surface area contributed by atoms with Crippen molar-refractivity contribution in [2.45, 2.75) is 19.8 Å². The minimum atomic E-state index is -0.914. The molecule has 1 N–H and O–H groups in total. The second-order valence-corrected chi connectivity index (χ2v) is 7.18. The number of hydrogen-bond acceptors (Lipinski definition) is 5. The number of hydrogen-bond donors (Lipinski definition) is 1. The van der Waals surface area contributed by atoms with Gasteiger partial charge in [0.05, 0.1) is 5.69 Å². The van der Waals surface area contributed by atoms with Crippen LogP contribution < -0.4 is 4.90 Å². The average Bonchev–Trinajstić information content (AvgIpc) is 2.75. The third-order valence-corrected chi connectivity index (χ3v) is 5.23. The molecule has 100 valence electrons. The highest BCUT2D eigenvalue weighted by Gasteiger charge is 2.24. The minimum Gasteiger partial charge on any atom is -0.477 e. The maximum absolute atomic E-state index is 11.3. The number of aromatic carboxylic acids is 1. The maximum Gasteiger partial charge on any atom is 0.347 e. The van der Waals surface area contributed by atoms with Crippen molar-refractivity contribution in [3.63, 3.8) is 0 Å². The van der Waals surface area contributed by atoms with E-state index >= 15 is 0 Å². The average molecular weight is 288 g/mol. The van der Waals surface area contributed by atoms with Crippen LogP contribution in [0.4, 0.5) is 5.13 Å². The predicted molar refractivity (Wildman–Crippen MR) is 73.3 cm³/mol. The van der Waals surface area contributed by atoms with E-state index in [-0.39, 0.29) is 5.92 Å². The van der Waals surface area contributed by atoms with Crippen LogP contribution in [0.1, 0.15) is 35.1 Å². The Balaban J connectivity index is 2.26. The summed E-state index contributed by atoms with van der Waals surface area (Å²) >= 11 is 1.22. The van der Waals surface area contributed by atoms with Crippen LogP contribution in [0.2, 0.25) is 0 Å². The van der Waals surface area contributed by atoms with Crippen LogP contribution in [0, 0.1) is 0 Å². The van der Waals surface area contributed by atoms with Gasteiger partial charge in [0.15, 0.2) is 5.13 Å². The van der Waals surface area contributed by atoms with E-state index in [0.717, 1.165) is 5.13 Å². The lowest BCUT2D eigenvalue weighted by atomic mass is 10.1. The van der Waals surface area contributed by atoms with Crippen LogP contribution >= 0.6 is 11.3 Å². The Labute approximate surface area is 112 Å². The Morgan fingerprint density at radius 3 is 2.50 bits per heavy atom. The lowest BCUT2D eigenvalue weighted by Crippen LogP contribution is -2.37. The van der Waals surface area contributed by atoms with E-state index in [1.54, 1.807) is 0 Å². The summed E-state index contributed by atoms with van der Waals surface area (Å²) in [4.78, 5) is 18.0. The molecule has 18 heavy (non-hydrogen) atoms. The summed E-state index contributed by atoms with van der Waals surface area (Å²) in [6.07, 6.45) is 0. The molecule has 0 bridgehead atoms. The van der Waals surface area contributed by atoms with Gasteiger partial charge in [-0.1, -0.05) is 25.2 Å². The molecule has 1 aliphatic rings. The molecule has 1 saturated heterocycles. The first-order valence-electron chi connectivity index (χ1n) is 5.83. The summed E-state index contributed by atoms with van der Waals surface area (Å²) in [6, 6.07) is 0. The Kier molecular flexibility index (Phi) is 4.01. The van der Waals surface area contributed by atoms with Crippen molar-refractivity contribution in [3.8, 4) is 0 Å². The van der Waals surface area contributed by atoms with Gasteiger partial charge >= 0.3 is 5.97 Å². The number of aromatic nitrogens is 1. The van der Waals surface area contributed by atoms with Gasteiger partial charge in [-0.2, -0.15) is 0 Å². The van der Waals surface area contributed by atoms with Crippen molar-refractivity contribution in [3.05, 3.63) is 10.6 Å². The monoisotopic (exact) mass is 288 g/mol. The number of carbonyl (C=O) groups is 1. The second kappa shape index (κ2) is 5.36. The number of carboxylic acid groups (broad SMARTS) is 1. The van der Waals surface area contributed by atoms with E-state index in [1.807, 2.05) is 18.7 Å². The number of thiazole rings is 1. The predicted octanol–water partition coefficient (Wildman–Crippen LogP) is 1.53.